The zero-order valence-corrected chi connectivity index (χ0v) is 16.1. The van der Waals surface area contributed by atoms with Crippen LogP contribution in [0.4, 0.5) is 0 Å². The van der Waals surface area contributed by atoms with Crippen molar-refractivity contribution in [3.63, 3.8) is 0 Å². The van der Waals surface area contributed by atoms with Crippen molar-refractivity contribution in [2.45, 2.75) is 26.5 Å². The number of esters is 1. The molecular formula is C21H24N2O4. The topological polar surface area (TPSA) is 67.4 Å². The van der Waals surface area contributed by atoms with Crippen LogP contribution in [0.25, 0.3) is 11.0 Å². The van der Waals surface area contributed by atoms with Crippen molar-refractivity contribution in [2.24, 2.45) is 7.05 Å². The third-order valence-electron chi connectivity index (χ3n) is 4.70. The fraction of sp³-hybridized carbons (Fsp3) is 0.333. The molecule has 0 amide bonds. The maximum absolute atomic E-state index is 12.5. The number of hydrogen-bond acceptors (Lipinski definition) is 4. The van der Waals surface area contributed by atoms with Gasteiger partial charge in [-0.05, 0) is 61.4 Å². The van der Waals surface area contributed by atoms with Gasteiger partial charge in [0.1, 0.15) is 5.75 Å². The first kappa shape index (κ1) is 18.9. The Morgan fingerprint density at radius 2 is 1.85 bits per heavy atom. The van der Waals surface area contributed by atoms with Gasteiger partial charge in [0.2, 0.25) is 6.33 Å². The molecule has 0 aliphatic heterocycles. The summed E-state index contributed by atoms with van der Waals surface area (Å²) in [6.07, 6.45) is 1.03. The molecule has 0 fully saturated rings. The van der Waals surface area contributed by atoms with Gasteiger partial charge in [-0.2, -0.15) is 0 Å². The summed E-state index contributed by atoms with van der Waals surface area (Å²) >= 11 is 0. The molecule has 1 atom stereocenters. The lowest BCUT2D eigenvalue weighted by Crippen LogP contribution is -2.36. The number of benzene rings is 2. The van der Waals surface area contributed by atoms with Crippen molar-refractivity contribution in [1.29, 1.82) is 0 Å². The zero-order chi connectivity index (χ0) is 19.6. The number of fused-ring (bicyclic) bond motifs is 1. The summed E-state index contributed by atoms with van der Waals surface area (Å²) in [5.41, 5.74) is 5.02. The molecule has 1 aromatic heterocycles. The largest absolute Gasteiger partial charge is 0.847 e. The lowest BCUT2D eigenvalue weighted by Gasteiger charge is -2.20. The van der Waals surface area contributed by atoms with Gasteiger partial charge < -0.3 is 14.6 Å². The second-order valence-electron chi connectivity index (χ2n) is 6.75. The van der Waals surface area contributed by atoms with Crippen LogP contribution in [0.1, 0.15) is 21.5 Å². The van der Waals surface area contributed by atoms with E-state index in [0.717, 1.165) is 11.0 Å². The van der Waals surface area contributed by atoms with Gasteiger partial charge in [0.05, 0.1) is 32.9 Å². The van der Waals surface area contributed by atoms with E-state index < -0.39 is 12.1 Å². The maximum atomic E-state index is 12.5. The zero-order valence-electron chi connectivity index (χ0n) is 16.1. The molecule has 1 unspecified atom stereocenters. The number of carbonyl (C=O) groups is 1. The SMILES string of the molecule is COC(=O)c1ccc(OCC([O-])Cn2c[n+](C)c3cc(C)c(C)cc32)cc1. The van der Waals surface area contributed by atoms with E-state index in [1.807, 2.05) is 22.5 Å². The van der Waals surface area contributed by atoms with E-state index in [1.165, 1.54) is 18.2 Å². The first-order chi connectivity index (χ1) is 12.9. The molecule has 0 N–H and O–H groups in total. The quantitative estimate of drug-likeness (QED) is 0.490. The lowest BCUT2D eigenvalue weighted by molar-refractivity contribution is -0.646. The molecule has 27 heavy (non-hydrogen) atoms. The second-order valence-corrected chi connectivity index (χ2v) is 6.75. The van der Waals surface area contributed by atoms with Gasteiger partial charge in [0, 0.05) is 0 Å². The minimum atomic E-state index is -0.914. The Morgan fingerprint density at radius 3 is 2.52 bits per heavy atom. The number of imidazole rings is 1. The average Bonchev–Trinajstić information content (AvgIpc) is 2.95. The molecular weight excluding hydrogens is 344 g/mol. The van der Waals surface area contributed by atoms with Crippen molar-refractivity contribution >= 4 is 17.0 Å². The van der Waals surface area contributed by atoms with E-state index in [9.17, 15) is 9.90 Å². The summed E-state index contributed by atoms with van der Waals surface area (Å²) in [5, 5.41) is 12.5. The number of hydrogen-bond donors (Lipinski definition) is 0. The third kappa shape index (κ3) is 4.11. The molecule has 0 saturated carbocycles. The van der Waals surface area contributed by atoms with Gasteiger partial charge in [0.15, 0.2) is 11.0 Å². The Balaban J connectivity index is 1.66. The number of aryl methyl sites for hydroxylation is 3. The first-order valence-electron chi connectivity index (χ1n) is 8.81. The summed E-state index contributed by atoms with van der Waals surface area (Å²) in [5.74, 6) is 0.152. The third-order valence-corrected chi connectivity index (χ3v) is 4.70. The van der Waals surface area contributed by atoms with Crippen LogP contribution < -0.4 is 14.4 Å². The molecule has 1 heterocycles. The maximum Gasteiger partial charge on any atom is 0.337 e. The minimum Gasteiger partial charge on any atom is -0.847 e. The Morgan fingerprint density at radius 1 is 1.19 bits per heavy atom. The number of rotatable bonds is 6. The molecule has 0 saturated heterocycles. The van der Waals surface area contributed by atoms with Gasteiger partial charge in [-0.3, -0.25) is 0 Å². The van der Waals surface area contributed by atoms with E-state index in [0.29, 0.717) is 17.9 Å². The van der Waals surface area contributed by atoms with Crippen LogP contribution in [0.2, 0.25) is 0 Å². The van der Waals surface area contributed by atoms with Crippen molar-refractivity contribution < 1.29 is 23.9 Å². The second kappa shape index (κ2) is 7.80. The fourth-order valence-corrected chi connectivity index (χ4v) is 3.04. The Kier molecular flexibility index (Phi) is 5.46. The van der Waals surface area contributed by atoms with E-state index in [-0.39, 0.29) is 6.61 Å². The summed E-state index contributed by atoms with van der Waals surface area (Å²) in [4.78, 5) is 11.4. The molecule has 0 aliphatic rings. The number of methoxy groups -OCH3 is 1. The van der Waals surface area contributed by atoms with Crippen LogP contribution >= 0.6 is 0 Å². The highest BCUT2D eigenvalue weighted by Gasteiger charge is 2.15. The molecule has 2 aromatic carbocycles. The Hall–Kier alpha value is -2.86. The van der Waals surface area contributed by atoms with Crippen LogP contribution in [-0.2, 0) is 18.3 Å². The molecule has 3 rings (SSSR count). The van der Waals surface area contributed by atoms with E-state index in [2.05, 4.69) is 30.7 Å². The van der Waals surface area contributed by atoms with Crippen LogP contribution in [0.5, 0.6) is 5.75 Å². The molecule has 3 aromatic rings. The monoisotopic (exact) mass is 368 g/mol. The number of aromatic nitrogens is 2. The van der Waals surface area contributed by atoms with Crippen LogP contribution in [0.15, 0.2) is 42.7 Å². The molecule has 0 spiro atoms. The summed E-state index contributed by atoms with van der Waals surface area (Å²) in [6.45, 7) is 4.52. The highest BCUT2D eigenvalue weighted by atomic mass is 16.5. The fourth-order valence-electron chi connectivity index (χ4n) is 3.04. The Labute approximate surface area is 158 Å². The predicted molar refractivity (Wildman–Crippen MR) is 99.7 cm³/mol. The van der Waals surface area contributed by atoms with Gasteiger partial charge in [-0.1, -0.05) is 6.10 Å². The summed E-state index contributed by atoms with van der Waals surface area (Å²) < 4.78 is 14.2. The average molecular weight is 368 g/mol. The van der Waals surface area contributed by atoms with E-state index in [4.69, 9.17) is 4.74 Å². The van der Waals surface area contributed by atoms with Crippen molar-refractivity contribution in [1.82, 2.24) is 4.57 Å². The highest BCUT2D eigenvalue weighted by Crippen LogP contribution is 2.18. The minimum absolute atomic E-state index is 0.0474. The predicted octanol–water partition coefficient (Wildman–Crippen LogP) is 1.68. The smallest absolute Gasteiger partial charge is 0.337 e. The molecule has 0 radical (unpaired) electrons. The van der Waals surface area contributed by atoms with Crippen molar-refractivity contribution in [3.8, 4) is 5.75 Å². The van der Waals surface area contributed by atoms with Gasteiger partial charge in [0.25, 0.3) is 0 Å². The molecule has 0 bridgehead atoms. The van der Waals surface area contributed by atoms with Crippen LogP contribution in [0.3, 0.4) is 0 Å². The van der Waals surface area contributed by atoms with Crippen molar-refractivity contribution in [2.75, 3.05) is 13.7 Å². The number of ether oxygens (including phenoxy) is 2. The first-order valence-corrected chi connectivity index (χ1v) is 8.81. The van der Waals surface area contributed by atoms with E-state index in [1.54, 1.807) is 24.3 Å². The summed E-state index contributed by atoms with van der Waals surface area (Å²) in [7, 11) is 3.31. The molecule has 6 heteroatoms. The molecule has 142 valence electrons. The van der Waals surface area contributed by atoms with E-state index >= 15 is 0 Å². The number of carbonyl (C=O) groups excluding carboxylic acids is 1. The van der Waals surface area contributed by atoms with Crippen molar-refractivity contribution in [3.05, 3.63) is 59.4 Å². The highest BCUT2D eigenvalue weighted by molar-refractivity contribution is 5.89. The molecule has 6 nitrogen and oxygen atoms in total. The summed E-state index contributed by atoms with van der Waals surface area (Å²) in [6, 6.07) is 10.8. The number of nitrogens with zero attached hydrogens (tertiary/aromatic N) is 2. The van der Waals surface area contributed by atoms with Gasteiger partial charge >= 0.3 is 5.97 Å². The standard InChI is InChI=1S/C21H24N2O4/c1-14-9-19-20(10-15(14)2)23(13-22(19)3)11-17(24)12-27-18-7-5-16(6-8-18)21(25)26-4/h5-10,13,17H,11-12H2,1-4H3. The van der Waals surface area contributed by atoms with Crippen LogP contribution in [-0.4, -0.2) is 30.4 Å². The molecule has 0 aliphatic carbocycles. The normalized spacial score (nSPS) is 12.2. The lowest BCUT2D eigenvalue weighted by atomic mass is 10.1. The Bertz CT molecular complexity index is 960. The van der Waals surface area contributed by atoms with Gasteiger partial charge in [-0.15, -0.1) is 0 Å². The van der Waals surface area contributed by atoms with Gasteiger partial charge in [-0.25, -0.2) is 13.9 Å². The van der Waals surface area contributed by atoms with Crippen LogP contribution in [0, 0.1) is 13.8 Å².